The molecule has 3 rings (SSSR count). The lowest BCUT2D eigenvalue weighted by atomic mass is 9.99. The molecule has 0 radical (unpaired) electrons. The summed E-state index contributed by atoms with van der Waals surface area (Å²) in [4.78, 5) is 0. The van der Waals surface area contributed by atoms with Gasteiger partial charge < -0.3 is 5.32 Å². The highest BCUT2D eigenvalue weighted by Crippen LogP contribution is 2.20. The Morgan fingerprint density at radius 3 is 2.48 bits per heavy atom. The third-order valence-electron chi connectivity index (χ3n) is 3.70. The Morgan fingerprint density at radius 1 is 0.857 bits per heavy atom. The van der Waals surface area contributed by atoms with Crippen molar-refractivity contribution in [3.63, 3.8) is 0 Å². The number of allylic oxidation sites excluding steroid dienone is 3. The largest absolute Gasteiger partial charge is 0.368 e. The molecule has 1 heteroatoms. The number of hydrogen-bond donors (Lipinski definition) is 1. The van der Waals surface area contributed by atoms with Gasteiger partial charge in [0.1, 0.15) is 0 Å². The molecule has 0 saturated heterocycles. The average Bonchev–Trinajstić information content (AvgIpc) is 2.53. The normalized spacial score (nSPS) is 19.6. The fraction of sp³-hybridized carbons (Fsp3) is 0.100. The van der Waals surface area contributed by atoms with E-state index in [0.717, 1.165) is 6.42 Å². The molecule has 104 valence electrons. The van der Waals surface area contributed by atoms with Crippen molar-refractivity contribution in [2.24, 2.45) is 0 Å². The average molecular weight is 273 g/mol. The summed E-state index contributed by atoms with van der Waals surface area (Å²) in [6.07, 6.45) is 11.4. The fourth-order valence-corrected chi connectivity index (χ4v) is 2.46. The number of benzene rings is 2. The van der Waals surface area contributed by atoms with E-state index in [1.165, 1.54) is 27.8 Å². The van der Waals surface area contributed by atoms with E-state index in [2.05, 4.69) is 79.0 Å². The Morgan fingerprint density at radius 2 is 1.62 bits per heavy atom. The lowest BCUT2D eigenvalue weighted by Crippen LogP contribution is -1.96. The van der Waals surface area contributed by atoms with E-state index < -0.39 is 0 Å². The lowest BCUT2D eigenvalue weighted by molar-refractivity contribution is 1.19. The molecule has 0 fully saturated rings. The highest BCUT2D eigenvalue weighted by molar-refractivity contribution is 5.74. The van der Waals surface area contributed by atoms with Crippen molar-refractivity contribution in [2.45, 2.75) is 13.3 Å². The van der Waals surface area contributed by atoms with Gasteiger partial charge in [0.05, 0.1) is 0 Å². The van der Waals surface area contributed by atoms with Crippen LogP contribution in [0.2, 0.25) is 0 Å². The van der Waals surface area contributed by atoms with Crippen LogP contribution in [0.3, 0.4) is 0 Å². The van der Waals surface area contributed by atoms with Crippen LogP contribution in [-0.4, -0.2) is 0 Å². The van der Waals surface area contributed by atoms with Crippen molar-refractivity contribution >= 4 is 11.6 Å². The van der Waals surface area contributed by atoms with Gasteiger partial charge >= 0.3 is 0 Å². The third kappa shape index (κ3) is 3.32. The van der Waals surface area contributed by atoms with Gasteiger partial charge in [-0.1, -0.05) is 60.2 Å². The zero-order valence-corrected chi connectivity index (χ0v) is 12.2. The van der Waals surface area contributed by atoms with Crippen LogP contribution in [-0.2, 0) is 6.42 Å². The van der Waals surface area contributed by atoms with E-state index in [1.54, 1.807) is 0 Å². The first-order valence-corrected chi connectivity index (χ1v) is 7.27. The molecule has 0 atom stereocenters. The molecular weight excluding hydrogens is 254 g/mol. The van der Waals surface area contributed by atoms with Crippen LogP contribution in [0.1, 0.15) is 22.3 Å². The number of hydrogen-bond acceptors (Lipinski definition) is 1. The molecule has 1 N–H and O–H groups in total. The third-order valence-corrected chi connectivity index (χ3v) is 3.70. The fourth-order valence-electron chi connectivity index (χ4n) is 2.46. The molecule has 0 aromatic heterocycles. The molecule has 0 aliphatic carbocycles. The second kappa shape index (κ2) is 6.27. The van der Waals surface area contributed by atoms with Gasteiger partial charge in [0.25, 0.3) is 0 Å². The Hall–Kier alpha value is -2.54. The minimum absolute atomic E-state index is 0.939. The van der Waals surface area contributed by atoms with Crippen LogP contribution >= 0.6 is 0 Å². The second-order valence-electron chi connectivity index (χ2n) is 5.26. The zero-order chi connectivity index (χ0) is 14.5. The summed E-state index contributed by atoms with van der Waals surface area (Å²) in [5.41, 5.74) is 6.39. The van der Waals surface area contributed by atoms with Crippen molar-refractivity contribution in [1.29, 1.82) is 0 Å². The van der Waals surface area contributed by atoms with Gasteiger partial charge in [-0.15, -0.1) is 0 Å². The quantitative estimate of drug-likeness (QED) is 0.793. The topological polar surface area (TPSA) is 12.0 Å². The van der Waals surface area contributed by atoms with Gasteiger partial charge in [-0.2, -0.15) is 0 Å². The van der Waals surface area contributed by atoms with Gasteiger partial charge in [-0.05, 0) is 47.8 Å². The predicted molar refractivity (Wildman–Crippen MR) is 90.6 cm³/mol. The molecule has 21 heavy (non-hydrogen) atoms. The summed E-state index contributed by atoms with van der Waals surface area (Å²) in [6, 6.07) is 17.2. The minimum atomic E-state index is 0.939. The molecule has 1 aliphatic rings. The summed E-state index contributed by atoms with van der Waals surface area (Å²) in [6.45, 7) is 2.12. The van der Waals surface area contributed by atoms with Gasteiger partial charge in [0.15, 0.2) is 0 Å². The minimum Gasteiger partial charge on any atom is -0.368 e. The highest BCUT2D eigenvalue weighted by Gasteiger charge is 2.01. The van der Waals surface area contributed by atoms with Gasteiger partial charge in [-0.25, -0.2) is 0 Å². The molecule has 1 aliphatic heterocycles. The van der Waals surface area contributed by atoms with Gasteiger partial charge in [0.2, 0.25) is 0 Å². The highest BCUT2D eigenvalue weighted by atomic mass is 14.8. The summed E-state index contributed by atoms with van der Waals surface area (Å²) in [7, 11) is 0. The van der Waals surface area contributed by atoms with E-state index in [1.807, 2.05) is 12.4 Å². The number of aryl methyl sites for hydroxylation is 1. The molecule has 0 bridgehead atoms. The summed E-state index contributed by atoms with van der Waals surface area (Å²) in [5.74, 6) is 0. The Bertz CT molecular complexity index is 703. The molecule has 1 nitrogen and oxygen atoms in total. The number of fused-ring (bicyclic) bond motifs is 1. The summed E-state index contributed by atoms with van der Waals surface area (Å²) in [5, 5.41) is 3.21. The van der Waals surface area contributed by atoms with Crippen LogP contribution in [0, 0.1) is 6.92 Å². The Kier molecular flexibility index (Phi) is 4.02. The van der Waals surface area contributed by atoms with Crippen molar-refractivity contribution in [3.8, 4) is 0 Å². The monoisotopic (exact) mass is 273 g/mol. The molecule has 2 aromatic carbocycles. The van der Waals surface area contributed by atoms with E-state index in [-0.39, 0.29) is 0 Å². The second-order valence-corrected chi connectivity index (χ2v) is 5.26. The SMILES string of the molecule is Cc1ccc(C2=C/Cc3ccccc3/C=C\N/C=C\2)cc1. The Labute approximate surface area is 126 Å². The van der Waals surface area contributed by atoms with E-state index >= 15 is 0 Å². The van der Waals surface area contributed by atoms with Gasteiger partial charge in [-0.3, -0.25) is 0 Å². The van der Waals surface area contributed by atoms with Crippen LogP contribution in [0.4, 0.5) is 0 Å². The predicted octanol–water partition coefficient (Wildman–Crippen LogP) is 4.71. The maximum atomic E-state index is 3.21. The lowest BCUT2D eigenvalue weighted by Gasteiger charge is -2.08. The van der Waals surface area contributed by atoms with Crippen LogP contribution in [0.25, 0.3) is 11.6 Å². The molecule has 0 unspecified atom stereocenters. The van der Waals surface area contributed by atoms with Crippen LogP contribution in [0.5, 0.6) is 0 Å². The van der Waals surface area contributed by atoms with Gasteiger partial charge in [0, 0.05) is 12.4 Å². The molecule has 2 aromatic rings. The van der Waals surface area contributed by atoms with Crippen molar-refractivity contribution in [1.82, 2.24) is 5.32 Å². The number of nitrogens with one attached hydrogen (secondary N) is 1. The van der Waals surface area contributed by atoms with E-state index in [4.69, 9.17) is 0 Å². The van der Waals surface area contributed by atoms with Crippen LogP contribution < -0.4 is 5.32 Å². The molecule has 0 saturated carbocycles. The molecule has 0 spiro atoms. The standard InChI is InChI=1S/C20H19N/c1-16-6-8-19(9-7-16)20-11-10-17-4-2-3-5-18(17)12-14-21-15-13-20/h2-9,11-15,21H,10H2,1H3/b14-12-,15-13-,20-11+. The summed E-state index contributed by atoms with van der Waals surface area (Å²) >= 11 is 0. The van der Waals surface area contributed by atoms with E-state index in [0.29, 0.717) is 0 Å². The van der Waals surface area contributed by atoms with E-state index in [9.17, 15) is 0 Å². The van der Waals surface area contributed by atoms with Crippen molar-refractivity contribution < 1.29 is 0 Å². The van der Waals surface area contributed by atoms with Crippen molar-refractivity contribution in [2.75, 3.05) is 0 Å². The first-order chi connectivity index (χ1) is 10.3. The molecular formula is C20H19N. The maximum absolute atomic E-state index is 3.21. The number of rotatable bonds is 1. The van der Waals surface area contributed by atoms with Crippen molar-refractivity contribution in [3.05, 3.63) is 95.3 Å². The Balaban J connectivity index is 1.98. The molecule has 1 heterocycles. The smallest absolute Gasteiger partial charge is 0.00105 e. The zero-order valence-electron chi connectivity index (χ0n) is 12.2. The molecule has 0 amide bonds. The van der Waals surface area contributed by atoms with Crippen LogP contribution in [0.15, 0.2) is 73.1 Å². The first-order valence-electron chi connectivity index (χ1n) is 7.27. The first kappa shape index (κ1) is 13.4. The maximum Gasteiger partial charge on any atom is 0.00105 e. The summed E-state index contributed by atoms with van der Waals surface area (Å²) < 4.78 is 0.